The van der Waals surface area contributed by atoms with Crippen LogP contribution in [0.15, 0.2) is 23.1 Å². The highest BCUT2D eigenvalue weighted by Gasteiger charge is 2.05. The van der Waals surface area contributed by atoms with Gasteiger partial charge < -0.3 is 5.43 Å². The summed E-state index contributed by atoms with van der Waals surface area (Å²) in [5, 5.41) is 0.722. The molecule has 0 aromatic heterocycles. The first-order valence-electron chi connectivity index (χ1n) is 4.23. The number of nitrogen functional groups attached to an aromatic ring is 1. The predicted molar refractivity (Wildman–Crippen MR) is 72.6 cm³/mol. The van der Waals surface area contributed by atoms with Crippen LogP contribution in [0, 0.1) is 0 Å². The molecule has 0 bridgehead atoms. The number of thioether (sulfide) groups is 1. The molecule has 0 saturated carbocycles. The third kappa shape index (κ3) is 4.70. The lowest BCUT2D eigenvalue weighted by Gasteiger charge is -2.09. The summed E-state index contributed by atoms with van der Waals surface area (Å²) in [6, 6.07) is 5.61. The summed E-state index contributed by atoms with van der Waals surface area (Å²) >= 11 is 13.3. The number of halogens is 3. The average Bonchev–Trinajstić information content (AvgIpc) is 2.20. The molecule has 86 valence electrons. The molecule has 0 spiro atoms. The van der Waals surface area contributed by atoms with Crippen molar-refractivity contribution in [2.45, 2.75) is 11.3 Å². The molecule has 6 heteroatoms. The zero-order valence-corrected chi connectivity index (χ0v) is 11.1. The van der Waals surface area contributed by atoms with E-state index in [2.05, 4.69) is 5.43 Å². The second-order valence-corrected chi connectivity index (χ2v) is 4.54. The molecule has 0 atom stereocenters. The molecular weight excluding hydrogens is 275 g/mol. The van der Waals surface area contributed by atoms with E-state index >= 15 is 0 Å². The number of nitrogens with one attached hydrogen (secondary N) is 1. The van der Waals surface area contributed by atoms with Crippen LogP contribution in [0.4, 0.5) is 5.69 Å². The second kappa shape index (κ2) is 8.36. The number of hydrogen-bond donors (Lipinski definition) is 2. The van der Waals surface area contributed by atoms with Crippen LogP contribution < -0.4 is 11.3 Å². The van der Waals surface area contributed by atoms with E-state index in [1.54, 1.807) is 11.8 Å². The van der Waals surface area contributed by atoms with Gasteiger partial charge in [0.25, 0.3) is 0 Å². The number of anilines is 1. The second-order valence-electron chi connectivity index (χ2n) is 2.65. The van der Waals surface area contributed by atoms with Crippen molar-refractivity contribution in [3.63, 3.8) is 0 Å². The van der Waals surface area contributed by atoms with E-state index in [1.807, 2.05) is 18.2 Å². The highest BCUT2D eigenvalue weighted by molar-refractivity contribution is 7.99. The normalized spacial score (nSPS) is 9.53. The number of hydrogen-bond acceptors (Lipinski definition) is 3. The maximum Gasteiger partial charge on any atom is 0.0636 e. The molecule has 15 heavy (non-hydrogen) atoms. The molecule has 0 amide bonds. The van der Waals surface area contributed by atoms with Crippen LogP contribution in [0.3, 0.4) is 0 Å². The van der Waals surface area contributed by atoms with Gasteiger partial charge in [-0.2, -0.15) is 0 Å². The molecule has 3 N–H and O–H groups in total. The smallest absolute Gasteiger partial charge is 0.0636 e. The summed E-state index contributed by atoms with van der Waals surface area (Å²) in [5.41, 5.74) is 3.48. The summed E-state index contributed by atoms with van der Waals surface area (Å²) in [4.78, 5) is 0.988. The van der Waals surface area contributed by atoms with Gasteiger partial charge in [-0.15, -0.1) is 35.8 Å². The van der Waals surface area contributed by atoms with Gasteiger partial charge in [0.05, 0.1) is 15.6 Å². The minimum atomic E-state index is 0. The van der Waals surface area contributed by atoms with Crippen molar-refractivity contribution in [2.24, 2.45) is 5.84 Å². The lowest BCUT2D eigenvalue weighted by Crippen LogP contribution is -2.07. The maximum absolute atomic E-state index is 6.04. The van der Waals surface area contributed by atoms with E-state index in [0.29, 0.717) is 5.88 Å². The van der Waals surface area contributed by atoms with Gasteiger partial charge in [0, 0.05) is 5.88 Å². The minimum absolute atomic E-state index is 0. The molecule has 0 aliphatic carbocycles. The SMILES string of the molecule is Cl.NNc1cccc(Cl)c1SCCCCl. The standard InChI is InChI=1S/C9H12Cl2N2S.ClH/c10-5-2-6-14-9-7(11)3-1-4-8(9)13-12;/h1,3-4,13H,2,5-6,12H2;1H. The summed E-state index contributed by atoms with van der Waals surface area (Å²) in [5.74, 6) is 6.99. The summed E-state index contributed by atoms with van der Waals surface area (Å²) < 4.78 is 0. The number of benzene rings is 1. The number of alkyl halides is 1. The Morgan fingerprint density at radius 2 is 2.13 bits per heavy atom. The van der Waals surface area contributed by atoms with Gasteiger partial charge in [-0.05, 0) is 24.3 Å². The maximum atomic E-state index is 6.04. The fraction of sp³-hybridized carbons (Fsp3) is 0.333. The fourth-order valence-corrected chi connectivity index (χ4v) is 2.61. The fourth-order valence-electron chi connectivity index (χ4n) is 0.998. The molecule has 1 aromatic rings. The lowest BCUT2D eigenvalue weighted by atomic mass is 10.3. The van der Waals surface area contributed by atoms with Crippen molar-refractivity contribution >= 4 is 53.1 Å². The molecule has 0 aliphatic heterocycles. The average molecular weight is 288 g/mol. The molecule has 1 rings (SSSR count). The van der Waals surface area contributed by atoms with Gasteiger partial charge in [-0.1, -0.05) is 17.7 Å². The molecule has 0 saturated heterocycles. The Labute approximate surface area is 110 Å². The lowest BCUT2D eigenvalue weighted by molar-refractivity contribution is 1.11. The monoisotopic (exact) mass is 286 g/mol. The molecule has 0 aliphatic rings. The third-order valence-corrected chi connectivity index (χ3v) is 3.56. The molecule has 0 radical (unpaired) electrons. The van der Waals surface area contributed by atoms with E-state index in [-0.39, 0.29) is 12.4 Å². The van der Waals surface area contributed by atoms with Crippen LogP contribution >= 0.6 is 47.4 Å². The van der Waals surface area contributed by atoms with E-state index in [0.717, 1.165) is 27.8 Å². The van der Waals surface area contributed by atoms with Gasteiger partial charge in [-0.25, -0.2) is 0 Å². The quantitative estimate of drug-likeness (QED) is 0.285. The number of hydrazine groups is 1. The summed E-state index contributed by atoms with van der Waals surface area (Å²) in [6.07, 6.45) is 0.960. The van der Waals surface area contributed by atoms with Crippen LogP contribution in [-0.2, 0) is 0 Å². The van der Waals surface area contributed by atoms with Crippen LogP contribution in [0.1, 0.15) is 6.42 Å². The van der Waals surface area contributed by atoms with Crippen LogP contribution in [-0.4, -0.2) is 11.6 Å². The van der Waals surface area contributed by atoms with Crippen LogP contribution in [0.2, 0.25) is 5.02 Å². The van der Waals surface area contributed by atoms with Gasteiger partial charge in [0.15, 0.2) is 0 Å². The van der Waals surface area contributed by atoms with E-state index in [4.69, 9.17) is 29.0 Å². The first-order valence-corrected chi connectivity index (χ1v) is 6.13. The van der Waals surface area contributed by atoms with Crippen molar-refractivity contribution in [1.29, 1.82) is 0 Å². The summed E-state index contributed by atoms with van der Waals surface area (Å²) in [6.45, 7) is 0. The molecule has 0 unspecified atom stereocenters. The summed E-state index contributed by atoms with van der Waals surface area (Å²) in [7, 11) is 0. The van der Waals surface area contributed by atoms with Crippen LogP contribution in [0.5, 0.6) is 0 Å². The molecule has 1 aromatic carbocycles. The van der Waals surface area contributed by atoms with Crippen molar-refractivity contribution in [3.05, 3.63) is 23.2 Å². The zero-order chi connectivity index (χ0) is 10.4. The Kier molecular flexibility index (Phi) is 8.47. The molecular formula is C9H13Cl3N2S. The Morgan fingerprint density at radius 3 is 2.73 bits per heavy atom. The van der Waals surface area contributed by atoms with Crippen molar-refractivity contribution in [3.8, 4) is 0 Å². The first-order chi connectivity index (χ1) is 6.79. The number of nitrogens with two attached hydrogens (primary N) is 1. The van der Waals surface area contributed by atoms with Crippen molar-refractivity contribution in [1.82, 2.24) is 0 Å². The number of rotatable bonds is 5. The van der Waals surface area contributed by atoms with Crippen molar-refractivity contribution in [2.75, 3.05) is 17.1 Å². The van der Waals surface area contributed by atoms with Gasteiger partial charge in [0.1, 0.15) is 0 Å². The minimum Gasteiger partial charge on any atom is -0.323 e. The van der Waals surface area contributed by atoms with E-state index < -0.39 is 0 Å². The Hall–Kier alpha value is 0.200. The highest BCUT2D eigenvalue weighted by Crippen LogP contribution is 2.33. The first kappa shape index (κ1) is 15.2. The van der Waals surface area contributed by atoms with E-state index in [1.165, 1.54) is 0 Å². The highest BCUT2D eigenvalue weighted by atomic mass is 35.5. The zero-order valence-electron chi connectivity index (χ0n) is 8.00. The molecule has 2 nitrogen and oxygen atoms in total. The van der Waals surface area contributed by atoms with Gasteiger partial charge >= 0.3 is 0 Å². The van der Waals surface area contributed by atoms with E-state index in [9.17, 15) is 0 Å². The molecule has 0 fully saturated rings. The van der Waals surface area contributed by atoms with Crippen molar-refractivity contribution < 1.29 is 0 Å². The van der Waals surface area contributed by atoms with Crippen LogP contribution in [0.25, 0.3) is 0 Å². The molecule has 0 heterocycles. The third-order valence-electron chi connectivity index (χ3n) is 1.65. The largest absolute Gasteiger partial charge is 0.323 e. The van der Waals surface area contributed by atoms with Gasteiger partial charge in [0.2, 0.25) is 0 Å². The topological polar surface area (TPSA) is 38.0 Å². The van der Waals surface area contributed by atoms with Gasteiger partial charge in [-0.3, -0.25) is 5.84 Å². The Balaban J connectivity index is 0.00000196. The Bertz CT molecular complexity index is 297. The predicted octanol–water partition coefficient (Wildman–Crippen LogP) is 3.77. The Morgan fingerprint density at radius 1 is 1.40 bits per heavy atom.